The maximum absolute atomic E-state index is 12.4. The Morgan fingerprint density at radius 2 is 2.19 bits per heavy atom. The van der Waals surface area contributed by atoms with E-state index in [9.17, 15) is 4.79 Å². The van der Waals surface area contributed by atoms with Crippen molar-refractivity contribution in [3.8, 4) is 11.6 Å². The number of nitrogens with one attached hydrogen (secondary N) is 1. The Morgan fingerprint density at radius 3 is 3.00 bits per heavy atom. The lowest BCUT2D eigenvalue weighted by Crippen LogP contribution is -2.37. The molecular weight excluding hydrogens is 352 g/mol. The fourth-order valence-corrected chi connectivity index (χ4v) is 3.18. The fourth-order valence-electron chi connectivity index (χ4n) is 2.99. The molecule has 0 fully saturated rings. The second kappa shape index (κ2) is 6.80. The van der Waals surface area contributed by atoms with Crippen molar-refractivity contribution >= 4 is 17.5 Å². The third-order valence-electron chi connectivity index (χ3n) is 4.34. The van der Waals surface area contributed by atoms with Gasteiger partial charge in [0.2, 0.25) is 0 Å². The zero-order valence-electron chi connectivity index (χ0n) is 14.1. The summed E-state index contributed by atoms with van der Waals surface area (Å²) in [5, 5.41) is 3.57. The molecule has 132 valence electrons. The Morgan fingerprint density at radius 1 is 1.31 bits per heavy atom. The lowest BCUT2D eigenvalue weighted by Gasteiger charge is -2.12. The van der Waals surface area contributed by atoms with Crippen molar-refractivity contribution in [1.82, 2.24) is 19.9 Å². The first kappa shape index (κ1) is 16.6. The predicted octanol–water partition coefficient (Wildman–Crippen LogP) is 2.85. The van der Waals surface area contributed by atoms with Gasteiger partial charge in [0.15, 0.2) is 6.10 Å². The standard InChI is InChI=1S/C19H17ClN4O2/c1-12-21-6-7-24(12)18-8-13(4-5-22-18)11-23-19(25)17-10-14-9-15(20)2-3-16(14)26-17/h2-9,17H,10-11H2,1H3,(H,23,25)/t17-/m0/s1. The first-order valence-corrected chi connectivity index (χ1v) is 8.66. The van der Waals surface area contributed by atoms with Crippen LogP contribution in [0.1, 0.15) is 17.0 Å². The molecule has 1 atom stereocenters. The van der Waals surface area contributed by atoms with Gasteiger partial charge in [-0.2, -0.15) is 0 Å². The van der Waals surface area contributed by atoms with Gasteiger partial charge in [-0.1, -0.05) is 11.6 Å². The molecule has 26 heavy (non-hydrogen) atoms. The number of hydrogen-bond donors (Lipinski definition) is 1. The van der Waals surface area contributed by atoms with Crippen LogP contribution in [0.4, 0.5) is 0 Å². The van der Waals surface area contributed by atoms with E-state index in [2.05, 4.69) is 15.3 Å². The van der Waals surface area contributed by atoms with E-state index in [1.807, 2.05) is 35.9 Å². The minimum atomic E-state index is -0.527. The van der Waals surface area contributed by atoms with Gasteiger partial charge in [0, 0.05) is 36.6 Å². The molecule has 1 amide bonds. The average molecular weight is 369 g/mol. The van der Waals surface area contributed by atoms with E-state index >= 15 is 0 Å². The molecule has 1 aliphatic rings. The van der Waals surface area contributed by atoms with Crippen LogP contribution in [-0.4, -0.2) is 26.5 Å². The van der Waals surface area contributed by atoms with Crippen LogP contribution in [0.2, 0.25) is 5.02 Å². The van der Waals surface area contributed by atoms with Crippen LogP contribution in [0.5, 0.6) is 5.75 Å². The average Bonchev–Trinajstić information content (AvgIpc) is 3.25. The summed E-state index contributed by atoms with van der Waals surface area (Å²) in [6, 6.07) is 9.20. The van der Waals surface area contributed by atoms with Gasteiger partial charge in [0.25, 0.3) is 5.91 Å². The summed E-state index contributed by atoms with van der Waals surface area (Å²) in [7, 11) is 0. The third kappa shape index (κ3) is 3.28. The van der Waals surface area contributed by atoms with Gasteiger partial charge in [-0.05, 0) is 48.4 Å². The van der Waals surface area contributed by atoms with Crippen LogP contribution >= 0.6 is 11.6 Å². The lowest BCUT2D eigenvalue weighted by atomic mass is 10.1. The number of carbonyl (C=O) groups excluding carboxylic acids is 1. The molecule has 0 bridgehead atoms. The molecule has 6 nitrogen and oxygen atoms in total. The maximum Gasteiger partial charge on any atom is 0.261 e. The quantitative estimate of drug-likeness (QED) is 0.768. The van der Waals surface area contributed by atoms with Gasteiger partial charge in [0.05, 0.1) is 0 Å². The number of carbonyl (C=O) groups is 1. The van der Waals surface area contributed by atoms with Crippen molar-refractivity contribution in [2.75, 3.05) is 0 Å². The van der Waals surface area contributed by atoms with Crippen LogP contribution in [0.3, 0.4) is 0 Å². The molecule has 1 aromatic carbocycles. The van der Waals surface area contributed by atoms with Crippen molar-refractivity contribution in [1.29, 1.82) is 0 Å². The molecule has 0 unspecified atom stereocenters. The smallest absolute Gasteiger partial charge is 0.261 e. The van der Waals surface area contributed by atoms with Gasteiger partial charge in [-0.3, -0.25) is 9.36 Å². The monoisotopic (exact) mass is 368 g/mol. The summed E-state index contributed by atoms with van der Waals surface area (Å²) in [6.45, 7) is 2.32. The topological polar surface area (TPSA) is 69.0 Å². The van der Waals surface area contributed by atoms with Crippen molar-refractivity contribution in [3.05, 3.63) is 70.9 Å². The molecule has 0 saturated heterocycles. The number of amides is 1. The number of halogens is 1. The van der Waals surface area contributed by atoms with Crippen LogP contribution < -0.4 is 10.1 Å². The number of ether oxygens (including phenoxy) is 1. The predicted molar refractivity (Wildman–Crippen MR) is 97.5 cm³/mol. The van der Waals surface area contributed by atoms with Gasteiger partial charge < -0.3 is 10.1 Å². The first-order valence-electron chi connectivity index (χ1n) is 8.28. The molecule has 0 saturated carbocycles. The van der Waals surface area contributed by atoms with Crippen LogP contribution in [0.15, 0.2) is 48.9 Å². The molecule has 7 heteroatoms. The number of rotatable bonds is 4. The minimum Gasteiger partial charge on any atom is -0.480 e. The molecule has 1 aliphatic heterocycles. The minimum absolute atomic E-state index is 0.144. The van der Waals surface area contributed by atoms with Crippen LogP contribution in [0, 0.1) is 6.92 Å². The van der Waals surface area contributed by atoms with E-state index in [1.54, 1.807) is 24.5 Å². The Kier molecular flexibility index (Phi) is 4.34. The van der Waals surface area contributed by atoms with E-state index in [4.69, 9.17) is 16.3 Å². The number of imidazole rings is 1. The summed E-state index contributed by atoms with van der Waals surface area (Å²) in [4.78, 5) is 21.0. The molecule has 2 aromatic heterocycles. The Hall–Kier alpha value is -2.86. The second-order valence-electron chi connectivity index (χ2n) is 6.15. The van der Waals surface area contributed by atoms with E-state index in [-0.39, 0.29) is 5.91 Å². The zero-order chi connectivity index (χ0) is 18.1. The second-order valence-corrected chi connectivity index (χ2v) is 6.58. The highest BCUT2D eigenvalue weighted by molar-refractivity contribution is 6.30. The van der Waals surface area contributed by atoms with Crippen molar-refractivity contribution in [2.24, 2.45) is 0 Å². The molecule has 0 radical (unpaired) electrons. The molecule has 1 N–H and O–H groups in total. The summed E-state index contributed by atoms with van der Waals surface area (Å²) in [5.41, 5.74) is 1.91. The largest absolute Gasteiger partial charge is 0.480 e. The highest BCUT2D eigenvalue weighted by Gasteiger charge is 2.29. The van der Waals surface area contributed by atoms with Gasteiger partial charge in [0.1, 0.15) is 17.4 Å². The van der Waals surface area contributed by atoms with Crippen LogP contribution in [0.25, 0.3) is 5.82 Å². The van der Waals surface area contributed by atoms with Gasteiger partial charge >= 0.3 is 0 Å². The summed E-state index contributed by atoms with van der Waals surface area (Å²) >= 11 is 5.99. The molecule has 0 aliphatic carbocycles. The molecule has 3 aromatic rings. The number of nitrogens with zero attached hydrogens (tertiary/aromatic N) is 3. The third-order valence-corrected chi connectivity index (χ3v) is 4.57. The normalized spacial score (nSPS) is 15.4. The SMILES string of the molecule is Cc1nccn1-c1cc(CNC(=O)[C@@H]2Cc3cc(Cl)ccc3O2)ccn1. The number of benzene rings is 1. The first-order chi connectivity index (χ1) is 12.6. The van der Waals surface area contributed by atoms with Crippen molar-refractivity contribution < 1.29 is 9.53 Å². The number of pyridine rings is 1. The Labute approximate surface area is 155 Å². The van der Waals surface area contributed by atoms with Crippen molar-refractivity contribution in [3.63, 3.8) is 0 Å². The summed E-state index contributed by atoms with van der Waals surface area (Å²) < 4.78 is 7.61. The lowest BCUT2D eigenvalue weighted by molar-refractivity contribution is -0.127. The maximum atomic E-state index is 12.4. The van der Waals surface area contributed by atoms with Gasteiger partial charge in [-0.15, -0.1) is 0 Å². The van der Waals surface area contributed by atoms with Crippen molar-refractivity contribution in [2.45, 2.75) is 26.0 Å². The number of hydrogen-bond acceptors (Lipinski definition) is 4. The van der Waals surface area contributed by atoms with E-state index < -0.39 is 6.10 Å². The summed E-state index contributed by atoms with van der Waals surface area (Å²) in [5.74, 6) is 2.20. The molecule has 0 spiro atoms. The molecular formula is C19H17ClN4O2. The van der Waals surface area contributed by atoms with Gasteiger partial charge in [-0.25, -0.2) is 9.97 Å². The highest BCUT2D eigenvalue weighted by Crippen LogP contribution is 2.31. The number of aryl methyl sites for hydroxylation is 1. The Balaban J connectivity index is 1.40. The van der Waals surface area contributed by atoms with Crippen LogP contribution in [-0.2, 0) is 17.8 Å². The highest BCUT2D eigenvalue weighted by atomic mass is 35.5. The number of aromatic nitrogens is 3. The van der Waals surface area contributed by atoms with E-state index in [0.29, 0.717) is 18.0 Å². The number of fused-ring (bicyclic) bond motifs is 1. The molecule has 3 heterocycles. The summed E-state index contributed by atoms with van der Waals surface area (Å²) in [6.07, 6.45) is 5.31. The fraction of sp³-hybridized carbons (Fsp3) is 0.211. The molecule has 4 rings (SSSR count). The Bertz CT molecular complexity index is 970. The zero-order valence-corrected chi connectivity index (χ0v) is 14.9. The van der Waals surface area contributed by atoms with E-state index in [0.717, 1.165) is 28.5 Å². The van der Waals surface area contributed by atoms with E-state index in [1.165, 1.54) is 0 Å².